The van der Waals surface area contributed by atoms with Crippen LogP contribution in [0.5, 0.6) is 0 Å². The minimum atomic E-state index is 0.722. The number of hydrogen-bond acceptors (Lipinski definition) is 1. The van der Waals surface area contributed by atoms with E-state index in [1.165, 1.54) is 55.0 Å². The van der Waals surface area contributed by atoms with Crippen LogP contribution in [0.25, 0.3) is 10.8 Å². The summed E-state index contributed by atoms with van der Waals surface area (Å²) in [6.07, 6.45) is 6.54. The molecule has 3 rings (SSSR count). The van der Waals surface area contributed by atoms with Gasteiger partial charge in [-0.05, 0) is 54.5 Å². The van der Waals surface area contributed by atoms with E-state index in [1.54, 1.807) is 0 Å². The van der Waals surface area contributed by atoms with E-state index in [1.807, 2.05) is 0 Å². The minimum Gasteiger partial charge on any atom is -0.314 e. The molecular weight excluding hydrogens is 242 g/mol. The maximum Gasteiger partial charge on any atom is 0.00728 e. The van der Waals surface area contributed by atoms with Gasteiger partial charge in [-0.15, -0.1) is 0 Å². The van der Waals surface area contributed by atoms with Crippen LogP contribution in [0.15, 0.2) is 42.5 Å². The molecule has 0 amide bonds. The van der Waals surface area contributed by atoms with Gasteiger partial charge in [0.15, 0.2) is 0 Å². The van der Waals surface area contributed by atoms with Gasteiger partial charge < -0.3 is 5.32 Å². The van der Waals surface area contributed by atoms with E-state index in [2.05, 4.69) is 54.7 Å². The highest BCUT2D eigenvalue weighted by molar-refractivity contribution is 5.82. The monoisotopic (exact) mass is 267 g/mol. The number of fused-ring (bicyclic) bond motifs is 1. The first-order valence-electron chi connectivity index (χ1n) is 8.06. The Labute approximate surface area is 122 Å². The van der Waals surface area contributed by atoms with Gasteiger partial charge in [-0.25, -0.2) is 0 Å². The van der Waals surface area contributed by atoms with Gasteiger partial charge in [0.05, 0.1) is 0 Å². The third kappa shape index (κ3) is 3.21. The van der Waals surface area contributed by atoms with Crippen molar-refractivity contribution >= 4 is 10.8 Å². The molecule has 2 atom stereocenters. The molecule has 1 heteroatoms. The first-order valence-corrected chi connectivity index (χ1v) is 8.06. The third-order valence-electron chi connectivity index (χ3n) is 4.78. The molecule has 2 unspecified atom stereocenters. The lowest BCUT2D eigenvalue weighted by Gasteiger charge is -2.29. The largest absolute Gasteiger partial charge is 0.314 e. The van der Waals surface area contributed by atoms with Crippen molar-refractivity contribution in [2.75, 3.05) is 6.54 Å². The summed E-state index contributed by atoms with van der Waals surface area (Å²) in [6, 6.07) is 16.3. The number of aryl methyl sites for hydroxylation is 1. The summed E-state index contributed by atoms with van der Waals surface area (Å²) in [6.45, 7) is 3.54. The predicted octanol–water partition coefficient (Wildman–Crippen LogP) is 4.55. The number of benzene rings is 2. The fourth-order valence-corrected chi connectivity index (χ4v) is 3.42. The normalized spacial score (nSPS) is 23.1. The van der Waals surface area contributed by atoms with Crippen molar-refractivity contribution in [2.24, 2.45) is 5.92 Å². The van der Waals surface area contributed by atoms with Crippen molar-refractivity contribution in [1.82, 2.24) is 5.32 Å². The molecule has 1 saturated heterocycles. The average Bonchev–Trinajstić information content (AvgIpc) is 2.53. The van der Waals surface area contributed by atoms with Gasteiger partial charge >= 0.3 is 0 Å². The third-order valence-corrected chi connectivity index (χ3v) is 4.78. The second-order valence-electron chi connectivity index (χ2n) is 6.17. The number of rotatable bonds is 4. The lowest BCUT2D eigenvalue weighted by molar-refractivity contribution is 0.285. The lowest BCUT2D eigenvalue weighted by atomic mass is 9.88. The molecule has 0 radical (unpaired) electrons. The zero-order valence-electron chi connectivity index (χ0n) is 12.4. The molecule has 0 bridgehead atoms. The predicted molar refractivity (Wildman–Crippen MR) is 87.1 cm³/mol. The van der Waals surface area contributed by atoms with Crippen LogP contribution in [0.3, 0.4) is 0 Å². The standard InChI is InChI=1S/C19H25N/c1-2-15-11-12-20-19(14-15)10-8-16-7-9-17-5-3-4-6-18(17)13-16/h3-7,9,13,15,19-20H,2,8,10-12,14H2,1H3. The minimum absolute atomic E-state index is 0.722. The second kappa shape index (κ2) is 6.41. The van der Waals surface area contributed by atoms with Gasteiger partial charge in [-0.2, -0.15) is 0 Å². The molecule has 1 aliphatic rings. The van der Waals surface area contributed by atoms with Gasteiger partial charge in [-0.3, -0.25) is 0 Å². The van der Waals surface area contributed by atoms with E-state index in [9.17, 15) is 0 Å². The van der Waals surface area contributed by atoms with Gasteiger partial charge in [0, 0.05) is 6.04 Å². The van der Waals surface area contributed by atoms with Crippen molar-refractivity contribution < 1.29 is 0 Å². The van der Waals surface area contributed by atoms with Crippen LogP contribution >= 0.6 is 0 Å². The zero-order valence-corrected chi connectivity index (χ0v) is 12.4. The Morgan fingerprint density at radius 2 is 1.95 bits per heavy atom. The summed E-state index contributed by atoms with van der Waals surface area (Å²) in [5.74, 6) is 0.942. The van der Waals surface area contributed by atoms with Crippen molar-refractivity contribution in [3.8, 4) is 0 Å². The van der Waals surface area contributed by atoms with E-state index in [-0.39, 0.29) is 0 Å². The Morgan fingerprint density at radius 3 is 2.80 bits per heavy atom. The molecule has 0 saturated carbocycles. The van der Waals surface area contributed by atoms with Crippen LogP contribution in [0.2, 0.25) is 0 Å². The Bertz CT molecular complexity index is 560. The van der Waals surface area contributed by atoms with Crippen LogP contribution in [-0.4, -0.2) is 12.6 Å². The van der Waals surface area contributed by atoms with Crippen molar-refractivity contribution in [3.63, 3.8) is 0 Å². The summed E-state index contributed by atoms with van der Waals surface area (Å²) in [5.41, 5.74) is 1.48. The molecule has 1 N–H and O–H groups in total. The van der Waals surface area contributed by atoms with E-state index in [0.717, 1.165) is 12.0 Å². The zero-order chi connectivity index (χ0) is 13.8. The van der Waals surface area contributed by atoms with Crippen LogP contribution in [0.1, 0.15) is 38.2 Å². The molecule has 0 aromatic heterocycles. The molecule has 1 nitrogen and oxygen atoms in total. The summed E-state index contributed by atoms with van der Waals surface area (Å²) < 4.78 is 0. The van der Waals surface area contributed by atoms with Crippen LogP contribution in [-0.2, 0) is 6.42 Å². The molecule has 2 aromatic carbocycles. The Balaban J connectivity index is 1.61. The summed E-state index contributed by atoms with van der Waals surface area (Å²) in [4.78, 5) is 0. The van der Waals surface area contributed by atoms with Crippen LogP contribution in [0.4, 0.5) is 0 Å². The molecule has 20 heavy (non-hydrogen) atoms. The Kier molecular flexibility index (Phi) is 4.37. The van der Waals surface area contributed by atoms with Crippen LogP contribution in [0, 0.1) is 5.92 Å². The second-order valence-corrected chi connectivity index (χ2v) is 6.17. The van der Waals surface area contributed by atoms with Gasteiger partial charge in [0.25, 0.3) is 0 Å². The molecular formula is C19H25N. The molecule has 0 aliphatic carbocycles. The highest BCUT2D eigenvalue weighted by atomic mass is 14.9. The van der Waals surface area contributed by atoms with Crippen LogP contribution < -0.4 is 5.32 Å². The van der Waals surface area contributed by atoms with Crippen molar-refractivity contribution in [1.29, 1.82) is 0 Å². The molecule has 1 fully saturated rings. The lowest BCUT2D eigenvalue weighted by Crippen LogP contribution is -2.38. The van der Waals surface area contributed by atoms with E-state index >= 15 is 0 Å². The Morgan fingerprint density at radius 1 is 1.10 bits per heavy atom. The molecule has 0 spiro atoms. The molecule has 2 aromatic rings. The van der Waals surface area contributed by atoms with Gasteiger partial charge in [0.1, 0.15) is 0 Å². The number of hydrogen-bond donors (Lipinski definition) is 1. The SMILES string of the molecule is CCC1CCNC(CCc2ccc3ccccc3c2)C1. The van der Waals surface area contributed by atoms with E-state index in [0.29, 0.717) is 0 Å². The highest BCUT2D eigenvalue weighted by Crippen LogP contribution is 2.23. The van der Waals surface area contributed by atoms with E-state index < -0.39 is 0 Å². The van der Waals surface area contributed by atoms with Gasteiger partial charge in [-0.1, -0.05) is 55.8 Å². The van der Waals surface area contributed by atoms with E-state index in [4.69, 9.17) is 0 Å². The average molecular weight is 267 g/mol. The van der Waals surface area contributed by atoms with Crippen molar-refractivity contribution in [2.45, 2.75) is 45.1 Å². The summed E-state index contributed by atoms with van der Waals surface area (Å²) >= 11 is 0. The fourth-order valence-electron chi connectivity index (χ4n) is 3.42. The first-order chi connectivity index (χ1) is 9.85. The number of nitrogens with one attached hydrogen (secondary N) is 1. The molecule has 106 valence electrons. The maximum atomic E-state index is 3.69. The van der Waals surface area contributed by atoms with Gasteiger partial charge in [0.2, 0.25) is 0 Å². The topological polar surface area (TPSA) is 12.0 Å². The summed E-state index contributed by atoms with van der Waals surface area (Å²) in [5, 5.41) is 6.40. The quantitative estimate of drug-likeness (QED) is 0.857. The molecule has 1 heterocycles. The first kappa shape index (κ1) is 13.6. The fraction of sp³-hybridized carbons (Fsp3) is 0.474. The van der Waals surface area contributed by atoms with Crippen molar-refractivity contribution in [3.05, 3.63) is 48.0 Å². The maximum absolute atomic E-state index is 3.69. The highest BCUT2D eigenvalue weighted by Gasteiger charge is 2.19. The summed E-state index contributed by atoms with van der Waals surface area (Å²) in [7, 11) is 0. The number of piperidine rings is 1. The smallest absolute Gasteiger partial charge is 0.00728 e. The molecule has 1 aliphatic heterocycles. The Hall–Kier alpha value is -1.34.